The molecule has 1 saturated carbocycles. The highest BCUT2D eigenvalue weighted by molar-refractivity contribution is 14.0. The van der Waals surface area contributed by atoms with Gasteiger partial charge in [-0.15, -0.1) is 24.0 Å². The average Bonchev–Trinajstić information content (AvgIpc) is 3.18. The first kappa shape index (κ1) is 26.4. The SMILES string of the molecule is CCN1CCN(CC(C)CNC(=NC)NCC2(C(=O)N(C)C)CCCC2)CC1.I. The van der Waals surface area contributed by atoms with E-state index in [9.17, 15) is 4.79 Å². The highest BCUT2D eigenvalue weighted by Gasteiger charge is 2.42. The molecule has 170 valence electrons. The second-order valence-electron chi connectivity index (χ2n) is 8.83. The van der Waals surface area contributed by atoms with Crippen LogP contribution in [0.2, 0.25) is 0 Å². The van der Waals surface area contributed by atoms with Gasteiger partial charge in [-0.3, -0.25) is 9.79 Å². The van der Waals surface area contributed by atoms with Crippen LogP contribution in [-0.2, 0) is 4.79 Å². The third-order valence-corrected chi connectivity index (χ3v) is 6.34. The molecule has 0 aromatic carbocycles. The number of nitrogens with zero attached hydrogens (tertiary/aromatic N) is 4. The lowest BCUT2D eigenvalue weighted by Gasteiger charge is -2.35. The van der Waals surface area contributed by atoms with Crippen molar-refractivity contribution < 1.29 is 4.79 Å². The van der Waals surface area contributed by atoms with Crippen molar-refractivity contribution in [3.8, 4) is 0 Å². The first-order chi connectivity index (χ1) is 13.4. The highest BCUT2D eigenvalue weighted by Crippen LogP contribution is 2.38. The third-order valence-electron chi connectivity index (χ3n) is 6.34. The van der Waals surface area contributed by atoms with E-state index in [4.69, 9.17) is 0 Å². The Labute approximate surface area is 195 Å². The molecule has 1 aliphatic carbocycles. The number of aliphatic imine (C=N–C) groups is 1. The van der Waals surface area contributed by atoms with Gasteiger partial charge in [0.05, 0.1) is 5.41 Å². The molecule has 0 aromatic rings. The summed E-state index contributed by atoms with van der Waals surface area (Å²) in [5.74, 6) is 1.60. The molecule has 1 atom stereocenters. The summed E-state index contributed by atoms with van der Waals surface area (Å²) < 4.78 is 0. The zero-order valence-electron chi connectivity index (χ0n) is 19.2. The molecule has 29 heavy (non-hydrogen) atoms. The van der Waals surface area contributed by atoms with Crippen molar-refractivity contribution in [2.45, 2.75) is 39.5 Å². The van der Waals surface area contributed by atoms with Crippen molar-refractivity contribution in [3.05, 3.63) is 0 Å². The van der Waals surface area contributed by atoms with Crippen molar-refractivity contribution in [2.24, 2.45) is 16.3 Å². The van der Waals surface area contributed by atoms with Gasteiger partial charge < -0.3 is 25.3 Å². The molecular weight excluding hydrogens is 479 g/mol. The highest BCUT2D eigenvalue weighted by atomic mass is 127. The summed E-state index contributed by atoms with van der Waals surface area (Å²) in [6.45, 7) is 13.1. The van der Waals surface area contributed by atoms with Gasteiger partial charge in [0, 0.05) is 67.0 Å². The minimum absolute atomic E-state index is 0. The normalized spacial score (nSPS) is 21.3. The van der Waals surface area contributed by atoms with E-state index in [-0.39, 0.29) is 35.3 Å². The van der Waals surface area contributed by atoms with E-state index < -0.39 is 0 Å². The maximum Gasteiger partial charge on any atom is 0.230 e. The number of carbonyl (C=O) groups excluding carboxylic acids is 1. The van der Waals surface area contributed by atoms with Crippen LogP contribution in [0.5, 0.6) is 0 Å². The Morgan fingerprint density at radius 3 is 2.21 bits per heavy atom. The molecular formula is C21H43IN6O. The van der Waals surface area contributed by atoms with Gasteiger partial charge in [0.2, 0.25) is 5.91 Å². The Hall–Kier alpha value is -0.610. The number of amides is 1. The maximum atomic E-state index is 12.7. The van der Waals surface area contributed by atoms with Gasteiger partial charge in [0.25, 0.3) is 0 Å². The summed E-state index contributed by atoms with van der Waals surface area (Å²) >= 11 is 0. The Morgan fingerprint density at radius 2 is 1.69 bits per heavy atom. The van der Waals surface area contributed by atoms with Crippen LogP contribution in [0.3, 0.4) is 0 Å². The molecule has 0 aromatic heterocycles. The predicted molar refractivity (Wildman–Crippen MR) is 132 cm³/mol. The zero-order chi connectivity index (χ0) is 20.6. The number of nitrogens with one attached hydrogen (secondary N) is 2. The van der Waals surface area contributed by atoms with Crippen LogP contribution >= 0.6 is 24.0 Å². The van der Waals surface area contributed by atoms with Crippen molar-refractivity contribution in [1.82, 2.24) is 25.3 Å². The van der Waals surface area contributed by atoms with Crippen LogP contribution in [0, 0.1) is 11.3 Å². The molecule has 0 bridgehead atoms. The molecule has 7 nitrogen and oxygen atoms in total. The quantitative estimate of drug-likeness (QED) is 0.289. The molecule has 1 aliphatic heterocycles. The van der Waals surface area contributed by atoms with E-state index in [1.54, 1.807) is 11.9 Å². The van der Waals surface area contributed by atoms with Crippen molar-refractivity contribution in [2.75, 3.05) is 73.5 Å². The van der Waals surface area contributed by atoms with Crippen molar-refractivity contribution >= 4 is 35.8 Å². The lowest BCUT2D eigenvalue weighted by Crippen LogP contribution is -2.50. The van der Waals surface area contributed by atoms with Gasteiger partial charge in [-0.1, -0.05) is 26.7 Å². The second kappa shape index (κ2) is 12.9. The van der Waals surface area contributed by atoms with Crippen LogP contribution in [0.1, 0.15) is 39.5 Å². The second-order valence-corrected chi connectivity index (χ2v) is 8.83. The molecule has 8 heteroatoms. The van der Waals surface area contributed by atoms with Crippen molar-refractivity contribution in [1.29, 1.82) is 0 Å². The van der Waals surface area contributed by atoms with Crippen LogP contribution in [0.15, 0.2) is 4.99 Å². The Kier molecular flexibility index (Phi) is 11.8. The Morgan fingerprint density at radius 1 is 1.10 bits per heavy atom. The molecule has 1 saturated heterocycles. The molecule has 1 heterocycles. The molecule has 2 N–H and O–H groups in total. The van der Waals surface area contributed by atoms with E-state index in [1.807, 2.05) is 14.1 Å². The summed E-state index contributed by atoms with van der Waals surface area (Å²) in [4.78, 5) is 23.9. The van der Waals surface area contributed by atoms with E-state index in [0.717, 1.165) is 51.3 Å². The lowest BCUT2D eigenvalue weighted by molar-refractivity contribution is -0.138. The smallest absolute Gasteiger partial charge is 0.230 e. The first-order valence-electron chi connectivity index (χ1n) is 11.0. The number of rotatable bonds is 8. The lowest BCUT2D eigenvalue weighted by atomic mass is 9.84. The van der Waals surface area contributed by atoms with E-state index in [0.29, 0.717) is 12.5 Å². The first-order valence-corrected chi connectivity index (χ1v) is 11.0. The van der Waals surface area contributed by atoms with Crippen LogP contribution in [-0.4, -0.2) is 100 Å². The summed E-state index contributed by atoms with van der Waals surface area (Å²) in [5.41, 5.74) is -0.272. The molecule has 2 rings (SSSR count). The van der Waals surface area contributed by atoms with Gasteiger partial charge in [-0.2, -0.15) is 0 Å². The molecule has 1 unspecified atom stereocenters. The molecule has 0 spiro atoms. The summed E-state index contributed by atoms with van der Waals surface area (Å²) in [7, 11) is 5.52. The number of carbonyl (C=O) groups is 1. The minimum atomic E-state index is -0.272. The molecule has 2 fully saturated rings. The Bertz CT molecular complexity index is 513. The molecule has 1 amide bonds. The number of hydrogen-bond acceptors (Lipinski definition) is 4. The monoisotopic (exact) mass is 522 g/mol. The van der Waals surface area contributed by atoms with Gasteiger partial charge in [0.1, 0.15) is 0 Å². The fraction of sp³-hybridized carbons (Fsp3) is 0.905. The fourth-order valence-electron chi connectivity index (χ4n) is 4.53. The predicted octanol–water partition coefficient (Wildman–Crippen LogP) is 1.69. The topological polar surface area (TPSA) is 63.2 Å². The summed E-state index contributed by atoms with van der Waals surface area (Å²) in [6.07, 6.45) is 4.20. The van der Waals surface area contributed by atoms with Crippen LogP contribution in [0.4, 0.5) is 0 Å². The number of halogens is 1. The third kappa shape index (κ3) is 7.86. The maximum absolute atomic E-state index is 12.7. The van der Waals surface area contributed by atoms with E-state index in [1.165, 1.54) is 26.2 Å². The average molecular weight is 523 g/mol. The summed E-state index contributed by atoms with van der Waals surface area (Å²) in [5, 5.41) is 6.90. The largest absolute Gasteiger partial charge is 0.356 e. The van der Waals surface area contributed by atoms with Gasteiger partial charge in [0.15, 0.2) is 5.96 Å². The van der Waals surface area contributed by atoms with Crippen LogP contribution < -0.4 is 10.6 Å². The van der Waals surface area contributed by atoms with Crippen LogP contribution in [0.25, 0.3) is 0 Å². The van der Waals surface area contributed by atoms with Gasteiger partial charge in [-0.05, 0) is 25.3 Å². The van der Waals surface area contributed by atoms with E-state index in [2.05, 4.69) is 39.3 Å². The summed E-state index contributed by atoms with van der Waals surface area (Å²) in [6, 6.07) is 0. The standard InChI is InChI=1S/C21H42N6O.HI/c1-6-26-11-13-27(14-12-26)16-18(2)15-23-20(22-3)24-17-21(9-7-8-10-21)19(28)25(4)5;/h18H,6-17H2,1-5H3,(H2,22,23,24);1H. The Balaban J connectivity index is 0.00000420. The van der Waals surface area contributed by atoms with Gasteiger partial charge >= 0.3 is 0 Å². The van der Waals surface area contributed by atoms with E-state index >= 15 is 0 Å². The number of likely N-dealkylation sites (N-methyl/N-ethyl adjacent to an activating group) is 1. The number of piperazine rings is 1. The molecule has 2 aliphatic rings. The van der Waals surface area contributed by atoms with Gasteiger partial charge in [-0.25, -0.2) is 0 Å². The number of guanidine groups is 1. The zero-order valence-corrected chi connectivity index (χ0v) is 21.5. The van der Waals surface area contributed by atoms with Crippen molar-refractivity contribution in [3.63, 3.8) is 0 Å². The minimum Gasteiger partial charge on any atom is -0.356 e. The molecule has 0 radical (unpaired) electrons. The number of hydrogen-bond donors (Lipinski definition) is 2. The fourth-order valence-corrected chi connectivity index (χ4v) is 4.53.